The van der Waals surface area contributed by atoms with E-state index in [0.717, 1.165) is 24.8 Å². The third-order valence-corrected chi connectivity index (χ3v) is 3.36. The number of aryl methyl sites for hydroxylation is 1. The van der Waals surface area contributed by atoms with Crippen molar-refractivity contribution in [3.8, 4) is 5.75 Å². The maximum atomic E-state index is 11.7. The highest BCUT2D eigenvalue weighted by atomic mass is 16.5. The molecule has 110 valence electrons. The van der Waals surface area contributed by atoms with Gasteiger partial charge in [-0.05, 0) is 63.3 Å². The van der Waals surface area contributed by atoms with Crippen molar-refractivity contribution >= 4 is 5.91 Å². The van der Waals surface area contributed by atoms with Gasteiger partial charge in [-0.2, -0.15) is 0 Å². The molecule has 1 amide bonds. The quantitative estimate of drug-likeness (QED) is 0.890. The molecule has 0 heterocycles. The molecule has 1 aliphatic carbocycles. The standard InChI is InChI=1S/C16H24N2O2/c1-16(2,3)18-15(19)10-20-12-8-7-11-5-4-6-14(17)13(11)9-12/h7-9,14H,4-6,10,17H2,1-3H3,(H,18,19). The number of nitrogens with two attached hydrogens (primary N) is 1. The molecule has 20 heavy (non-hydrogen) atoms. The van der Waals surface area contributed by atoms with E-state index in [0.29, 0.717) is 5.75 Å². The molecule has 0 bridgehead atoms. The second kappa shape index (κ2) is 5.83. The summed E-state index contributed by atoms with van der Waals surface area (Å²) in [6, 6.07) is 6.04. The fourth-order valence-corrected chi connectivity index (χ4v) is 2.51. The van der Waals surface area contributed by atoms with Crippen molar-refractivity contribution in [3.63, 3.8) is 0 Å². The van der Waals surface area contributed by atoms with Crippen molar-refractivity contribution in [2.45, 2.75) is 51.6 Å². The third kappa shape index (κ3) is 3.97. The van der Waals surface area contributed by atoms with Crippen LogP contribution in [0.5, 0.6) is 5.75 Å². The summed E-state index contributed by atoms with van der Waals surface area (Å²) >= 11 is 0. The van der Waals surface area contributed by atoms with Crippen LogP contribution in [0.3, 0.4) is 0 Å². The highest BCUT2D eigenvalue weighted by Crippen LogP contribution is 2.30. The normalized spacial score (nSPS) is 18.3. The van der Waals surface area contributed by atoms with Gasteiger partial charge in [-0.3, -0.25) is 4.79 Å². The zero-order valence-corrected chi connectivity index (χ0v) is 12.5. The van der Waals surface area contributed by atoms with Crippen LogP contribution >= 0.6 is 0 Å². The Kier molecular flexibility index (Phi) is 4.33. The van der Waals surface area contributed by atoms with Gasteiger partial charge in [-0.1, -0.05) is 6.07 Å². The lowest BCUT2D eigenvalue weighted by molar-refractivity contribution is -0.124. The number of nitrogens with one attached hydrogen (secondary N) is 1. The zero-order valence-electron chi connectivity index (χ0n) is 12.5. The molecule has 4 heteroatoms. The molecule has 0 fully saturated rings. The monoisotopic (exact) mass is 276 g/mol. The fourth-order valence-electron chi connectivity index (χ4n) is 2.51. The van der Waals surface area contributed by atoms with Gasteiger partial charge in [0.05, 0.1) is 0 Å². The molecule has 1 aromatic carbocycles. The Morgan fingerprint density at radius 2 is 2.20 bits per heavy atom. The topological polar surface area (TPSA) is 64.3 Å². The predicted octanol–water partition coefficient (Wildman–Crippen LogP) is 2.32. The summed E-state index contributed by atoms with van der Waals surface area (Å²) in [6.07, 6.45) is 3.23. The molecule has 2 rings (SSSR count). The van der Waals surface area contributed by atoms with E-state index in [1.165, 1.54) is 5.56 Å². The number of carbonyl (C=O) groups is 1. The van der Waals surface area contributed by atoms with Crippen molar-refractivity contribution in [1.82, 2.24) is 5.32 Å². The Hall–Kier alpha value is -1.55. The smallest absolute Gasteiger partial charge is 0.258 e. The van der Waals surface area contributed by atoms with Crippen LogP contribution in [0.15, 0.2) is 18.2 Å². The summed E-state index contributed by atoms with van der Waals surface area (Å²) in [7, 11) is 0. The minimum atomic E-state index is -0.237. The summed E-state index contributed by atoms with van der Waals surface area (Å²) in [6.45, 7) is 5.87. The second-order valence-electron chi connectivity index (χ2n) is 6.45. The lowest BCUT2D eigenvalue weighted by atomic mass is 9.88. The van der Waals surface area contributed by atoms with E-state index in [1.807, 2.05) is 32.9 Å². The van der Waals surface area contributed by atoms with Gasteiger partial charge in [0.25, 0.3) is 5.91 Å². The van der Waals surface area contributed by atoms with Crippen molar-refractivity contribution < 1.29 is 9.53 Å². The molecule has 0 saturated heterocycles. The third-order valence-electron chi connectivity index (χ3n) is 3.36. The summed E-state index contributed by atoms with van der Waals surface area (Å²) in [4.78, 5) is 11.7. The Morgan fingerprint density at radius 1 is 1.45 bits per heavy atom. The number of carbonyl (C=O) groups excluding carboxylic acids is 1. The molecule has 1 unspecified atom stereocenters. The lowest BCUT2D eigenvalue weighted by Crippen LogP contribution is -2.43. The van der Waals surface area contributed by atoms with Gasteiger partial charge >= 0.3 is 0 Å². The van der Waals surface area contributed by atoms with Gasteiger partial charge in [0.1, 0.15) is 5.75 Å². The van der Waals surface area contributed by atoms with Crippen LogP contribution < -0.4 is 15.8 Å². The van der Waals surface area contributed by atoms with Gasteiger partial charge in [0.2, 0.25) is 0 Å². The van der Waals surface area contributed by atoms with Crippen LogP contribution in [0.1, 0.15) is 50.8 Å². The number of ether oxygens (including phenoxy) is 1. The van der Waals surface area contributed by atoms with Gasteiger partial charge in [0, 0.05) is 11.6 Å². The molecule has 0 spiro atoms. The van der Waals surface area contributed by atoms with E-state index in [1.54, 1.807) is 0 Å². The zero-order chi connectivity index (χ0) is 14.8. The first-order valence-electron chi connectivity index (χ1n) is 7.17. The van der Waals surface area contributed by atoms with E-state index in [2.05, 4.69) is 11.4 Å². The molecular formula is C16H24N2O2. The second-order valence-corrected chi connectivity index (χ2v) is 6.45. The molecule has 1 atom stereocenters. The molecule has 1 aromatic rings. The maximum Gasteiger partial charge on any atom is 0.258 e. The lowest BCUT2D eigenvalue weighted by Gasteiger charge is -2.23. The van der Waals surface area contributed by atoms with Crippen LogP contribution in [0.4, 0.5) is 0 Å². The van der Waals surface area contributed by atoms with E-state index >= 15 is 0 Å². The molecule has 0 aliphatic heterocycles. The van der Waals surface area contributed by atoms with Crippen molar-refractivity contribution in [2.75, 3.05) is 6.61 Å². The first-order valence-corrected chi connectivity index (χ1v) is 7.17. The van der Waals surface area contributed by atoms with Gasteiger partial charge in [-0.25, -0.2) is 0 Å². The predicted molar refractivity (Wildman–Crippen MR) is 79.7 cm³/mol. The van der Waals surface area contributed by atoms with Crippen molar-refractivity contribution in [2.24, 2.45) is 5.73 Å². The Labute approximate surface area is 120 Å². The van der Waals surface area contributed by atoms with E-state index in [4.69, 9.17) is 10.5 Å². The minimum Gasteiger partial charge on any atom is -0.484 e. The number of amides is 1. The van der Waals surface area contributed by atoms with Crippen LogP contribution in [-0.4, -0.2) is 18.1 Å². The van der Waals surface area contributed by atoms with Crippen molar-refractivity contribution in [1.29, 1.82) is 0 Å². The van der Waals surface area contributed by atoms with Crippen LogP contribution in [0.2, 0.25) is 0 Å². The Morgan fingerprint density at radius 3 is 2.90 bits per heavy atom. The number of hydrogen-bond donors (Lipinski definition) is 2. The van der Waals surface area contributed by atoms with Crippen LogP contribution in [0, 0.1) is 0 Å². The number of hydrogen-bond acceptors (Lipinski definition) is 3. The Balaban J connectivity index is 1.97. The van der Waals surface area contributed by atoms with E-state index in [-0.39, 0.29) is 24.1 Å². The number of fused-ring (bicyclic) bond motifs is 1. The average Bonchev–Trinajstić information content (AvgIpc) is 2.35. The van der Waals surface area contributed by atoms with Gasteiger partial charge in [-0.15, -0.1) is 0 Å². The van der Waals surface area contributed by atoms with Crippen LogP contribution in [0.25, 0.3) is 0 Å². The molecule has 0 aromatic heterocycles. The molecule has 1 aliphatic rings. The first kappa shape index (κ1) is 14.9. The van der Waals surface area contributed by atoms with Gasteiger partial charge in [0.15, 0.2) is 6.61 Å². The highest BCUT2D eigenvalue weighted by Gasteiger charge is 2.18. The largest absolute Gasteiger partial charge is 0.484 e. The van der Waals surface area contributed by atoms with Crippen LogP contribution in [-0.2, 0) is 11.2 Å². The maximum absolute atomic E-state index is 11.7. The minimum absolute atomic E-state index is 0.0330. The average molecular weight is 276 g/mol. The molecule has 3 N–H and O–H groups in total. The van der Waals surface area contributed by atoms with Crippen molar-refractivity contribution in [3.05, 3.63) is 29.3 Å². The number of benzene rings is 1. The SMILES string of the molecule is CC(C)(C)NC(=O)COc1ccc2c(c1)C(N)CCC2. The van der Waals surface area contributed by atoms with Gasteiger partial charge < -0.3 is 15.8 Å². The summed E-state index contributed by atoms with van der Waals surface area (Å²) < 4.78 is 5.56. The Bertz CT molecular complexity index is 492. The summed E-state index contributed by atoms with van der Waals surface area (Å²) in [5, 5.41) is 2.87. The molecule has 0 radical (unpaired) electrons. The summed E-state index contributed by atoms with van der Waals surface area (Å²) in [5.41, 5.74) is 8.34. The number of rotatable bonds is 3. The molecule has 4 nitrogen and oxygen atoms in total. The molecule has 0 saturated carbocycles. The van der Waals surface area contributed by atoms with E-state index < -0.39 is 0 Å². The summed E-state index contributed by atoms with van der Waals surface area (Å²) in [5.74, 6) is 0.602. The highest BCUT2D eigenvalue weighted by molar-refractivity contribution is 5.78. The first-order chi connectivity index (χ1) is 9.35. The molecular weight excluding hydrogens is 252 g/mol. The van der Waals surface area contributed by atoms with E-state index in [9.17, 15) is 4.79 Å². The fraction of sp³-hybridized carbons (Fsp3) is 0.562.